The maximum atomic E-state index is 13.7. The summed E-state index contributed by atoms with van der Waals surface area (Å²) in [5, 5.41) is 0. The van der Waals surface area contributed by atoms with Gasteiger partial charge in [-0.2, -0.15) is 0 Å². The second kappa shape index (κ2) is 7.84. The molecule has 4 heteroatoms. The van der Waals surface area contributed by atoms with E-state index in [4.69, 9.17) is 0 Å². The molecule has 0 N–H and O–H groups in total. The molecule has 1 aliphatic heterocycles. The fourth-order valence-corrected chi connectivity index (χ4v) is 5.53. The fourth-order valence-electron chi connectivity index (χ4n) is 5.27. The highest BCUT2D eigenvalue weighted by Gasteiger charge is 2.56. The van der Waals surface area contributed by atoms with Crippen LogP contribution in [0.4, 0.5) is 5.69 Å². The highest BCUT2D eigenvalue weighted by atomic mass is 79.9. The molecule has 150 valence electrons. The van der Waals surface area contributed by atoms with E-state index in [0.717, 1.165) is 28.4 Å². The third-order valence-electron chi connectivity index (χ3n) is 6.59. The molecule has 1 saturated carbocycles. The number of carbonyl (C=O) groups is 2. The van der Waals surface area contributed by atoms with Gasteiger partial charge in [0.25, 0.3) is 0 Å². The summed E-state index contributed by atoms with van der Waals surface area (Å²) in [6, 6.07) is 27.8. The van der Waals surface area contributed by atoms with Crippen LogP contribution in [-0.2, 0) is 9.59 Å². The lowest BCUT2D eigenvalue weighted by atomic mass is 9.64. The Morgan fingerprint density at radius 1 is 0.633 bits per heavy atom. The van der Waals surface area contributed by atoms with E-state index in [1.54, 1.807) is 0 Å². The Labute approximate surface area is 184 Å². The monoisotopic (exact) mass is 459 g/mol. The molecule has 2 amide bonds. The van der Waals surface area contributed by atoms with Gasteiger partial charge in [-0.25, -0.2) is 0 Å². The van der Waals surface area contributed by atoms with Crippen LogP contribution in [0.2, 0.25) is 0 Å². The number of carbonyl (C=O) groups excluding carboxylic acids is 2. The Hall–Kier alpha value is -2.72. The first-order valence-corrected chi connectivity index (χ1v) is 11.2. The summed E-state index contributed by atoms with van der Waals surface area (Å²) in [5.41, 5.74) is 2.96. The van der Waals surface area contributed by atoms with Gasteiger partial charge in [-0.15, -0.1) is 0 Å². The third kappa shape index (κ3) is 3.20. The zero-order valence-corrected chi connectivity index (χ0v) is 18.0. The number of anilines is 1. The largest absolute Gasteiger partial charge is 0.274 e. The van der Waals surface area contributed by atoms with Crippen LogP contribution in [-0.4, -0.2) is 11.8 Å². The van der Waals surface area contributed by atoms with Crippen molar-refractivity contribution in [2.75, 3.05) is 4.90 Å². The maximum absolute atomic E-state index is 13.7. The lowest BCUT2D eigenvalue weighted by molar-refractivity contribution is -0.122. The van der Waals surface area contributed by atoms with Crippen LogP contribution < -0.4 is 4.90 Å². The maximum Gasteiger partial charge on any atom is 0.238 e. The first-order valence-electron chi connectivity index (χ1n) is 10.4. The molecule has 3 aromatic carbocycles. The molecule has 0 bridgehead atoms. The minimum Gasteiger partial charge on any atom is -0.274 e. The molecular weight excluding hydrogens is 438 g/mol. The molecule has 2 aliphatic rings. The quantitative estimate of drug-likeness (QED) is 0.456. The van der Waals surface area contributed by atoms with Crippen LogP contribution in [0, 0.1) is 11.8 Å². The van der Waals surface area contributed by atoms with E-state index >= 15 is 0 Å². The van der Waals surface area contributed by atoms with Crippen molar-refractivity contribution in [3.05, 3.63) is 101 Å². The Morgan fingerprint density at radius 3 is 1.50 bits per heavy atom. The molecule has 3 nitrogen and oxygen atoms in total. The van der Waals surface area contributed by atoms with Crippen LogP contribution >= 0.6 is 15.9 Å². The topological polar surface area (TPSA) is 37.4 Å². The Balaban J connectivity index is 1.60. The number of nitrogens with zero attached hydrogens (tertiary/aromatic N) is 1. The second-order valence-corrected chi connectivity index (χ2v) is 9.07. The highest BCUT2D eigenvalue weighted by Crippen LogP contribution is 2.53. The lowest BCUT2D eigenvalue weighted by Gasteiger charge is -2.37. The van der Waals surface area contributed by atoms with E-state index in [9.17, 15) is 9.59 Å². The van der Waals surface area contributed by atoms with Crippen molar-refractivity contribution in [3.63, 3.8) is 0 Å². The number of fused-ring (bicyclic) bond motifs is 1. The van der Waals surface area contributed by atoms with Crippen LogP contribution in [0.1, 0.15) is 35.8 Å². The number of benzene rings is 3. The summed E-state index contributed by atoms with van der Waals surface area (Å²) >= 11 is 3.44. The molecule has 1 aliphatic carbocycles. The van der Waals surface area contributed by atoms with Gasteiger partial charge >= 0.3 is 0 Å². The number of amides is 2. The Morgan fingerprint density at radius 2 is 1.07 bits per heavy atom. The first-order chi connectivity index (χ1) is 14.6. The third-order valence-corrected chi connectivity index (χ3v) is 7.12. The number of imide groups is 1. The van der Waals surface area contributed by atoms with Crippen molar-refractivity contribution in [2.24, 2.45) is 11.8 Å². The van der Waals surface area contributed by atoms with E-state index in [1.165, 1.54) is 4.90 Å². The van der Waals surface area contributed by atoms with Crippen molar-refractivity contribution in [1.82, 2.24) is 0 Å². The Bertz CT molecular complexity index is 1000. The zero-order valence-electron chi connectivity index (χ0n) is 16.4. The lowest BCUT2D eigenvalue weighted by Crippen LogP contribution is -2.34. The summed E-state index contributed by atoms with van der Waals surface area (Å²) in [6.07, 6.45) is 1.80. The van der Waals surface area contributed by atoms with Gasteiger partial charge < -0.3 is 0 Å². The van der Waals surface area contributed by atoms with Crippen LogP contribution in [0.15, 0.2) is 89.4 Å². The molecule has 4 atom stereocenters. The molecule has 30 heavy (non-hydrogen) atoms. The number of halogens is 1. The molecular formula is C26H22BrNO2. The predicted octanol–water partition coefficient (Wildman–Crippen LogP) is 5.92. The van der Waals surface area contributed by atoms with Crippen molar-refractivity contribution < 1.29 is 9.59 Å². The summed E-state index contributed by atoms with van der Waals surface area (Å²) in [6.45, 7) is 0. The van der Waals surface area contributed by atoms with Crippen molar-refractivity contribution in [2.45, 2.75) is 24.7 Å². The van der Waals surface area contributed by atoms with E-state index in [2.05, 4.69) is 40.2 Å². The molecule has 2 fully saturated rings. The highest BCUT2D eigenvalue weighted by molar-refractivity contribution is 9.10. The van der Waals surface area contributed by atoms with Crippen LogP contribution in [0.25, 0.3) is 0 Å². The normalized spacial score (nSPS) is 26.0. The molecule has 0 aromatic heterocycles. The smallest absolute Gasteiger partial charge is 0.238 e. The second-order valence-electron chi connectivity index (χ2n) is 8.15. The van der Waals surface area contributed by atoms with Crippen LogP contribution in [0.5, 0.6) is 0 Å². The van der Waals surface area contributed by atoms with Gasteiger partial charge in [0.2, 0.25) is 11.8 Å². The average molecular weight is 460 g/mol. The van der Waals surface area contributed by atoms with E-state index in [1.807, 2.05) is 60.7 Å². The molecule has 0 radical (unpaired) electrons. The molecule has 1 heterocycles. The molecule has 1 saturated heterocycles. The summed E-state index contributed by atoms with van der Waals surface area (Å²) < 4.78 is 0.923. The van der Waals surface area contributed by atoms with Gasteiger partial charge in [0.15, 0.2) is 0 Å². The van der Waals surface area contributed by atoms with Gasteiger partial charge in [-0.3, -0.25) is 14.5 Å². The van der Waals surface area contributed by atoms with Crippen LogP contribution in [0.3, 0.4) is 0 Å². The van der Waals surface area contributed by atoms with Gasteiger partial charge in [-0.1, -0.05) is 76.6 Å². The minimum atomic E-state index is -0.331. The van der Waals surface area contributed by atoms with Gasteiger partial charge in [0.05, 0.1) is 17.5 Å². The minimum absolute atomic E-state index is 0.0630. The molecule has 5 rings (SSSR count). The number of hydrogen-bond acceptors (Lipinski definition) is 2. The standard InChI is InChI=1S/C26H22BrNO2/c27-19-11-13-20(14-12-19)28-25(29)23-21(17-7-3-1-4-8-17)15-16-22(24(23)26(28)30)18-9-5-2-6-10-18/h1-14,21-24H,15-16H2/t21-,22+,23+,24-. The fraction of sp³-hybridized carbons (Fsp3) is 0.231. The van der Waals surface area contributed by atoms with Gasteiger partial charge in [-0.05, 0) is 60.1 Å². The van der Waals surface area contributed by atoms with Crippen molar-refractivity contribution in [3.8, 4) is 0 Å². The van der Waals surface area contributed by atoms with Crippen molar-refractivity contribution in [1.29, 1.82) is 0 Å². The summed E-state index contributed by atoms with van der Waals surface area (Å²) in [7, 11) is 0. The molecule has 0 unspecified atom stereocenters. The number of rotatable bonds is 3. The average Bonchev–Trinajstić information content (AvgIpc) is 3.06. The number of hydrogen-bond donors (Lipinski definition) is 0. The molecule has 3 aromatic rings. The zero-order chi connectivity index (χ0) is 20.7. The Kier molecular flexibility index (Phi) is 5.03. The first kappa shape index (κ1) is 19.3. The summed E-state index contributed by atoms with van der Waals surface area (Å²) in [4.78, 5) is 28.8. The van der Waals surface area contributed by atoms with Gasteiger partial charge in [0.1, 0.15) is 0 Å². The van der Waals surface area contributed by atoms with E-state index in [-0.39, 0.29) is 35.5 Å². The summed E-state index contributed by atoms with van der Waals surface area (Å²) in [5.74, 6) is -0.672. The van der Waals surface area contributed by atoms with Gasteiger partial charge in [0, 0.05) is 4.47 Å². The predicted molar refractivity (Wildman–Crippen MR) is 121 cm³/mol. The van der Waals surface area contributed by atoms with E-state index < -0.39 is 0 Å². The van der Waals surface area contributed by atoms with E-state index in [0.29, 0.717) is 5.69 Å². The van der Waals surface area contributed by atoms with Crippen molar-refractivity contribution >= 4 is 33.4 Å². The molecule has 0 spiro atoms. The SMILES string of the molecule is O=C1[C@@H]2[C@H](C(=O)N1c1ccc(Br)cc1)[C@H](c1ccccc1)CC[C@@H]2c1ccccc1.